The Labute approximate surface area is 169 Å². The standard InChI is InChI=1S/C23H23NO5/c1-28-17-11-9-16(10-12-17)21(25)19-20(15-6-3-2-4-7-15)24(23(27)22(19)26)14-18-8-5-13-29-18/h2-4,6-7,9-12,18,20,25H,5,8,13-14H2,1H3/b21-19+/t18-,20+/m1/s1. The maximum absolute atomic E-state index is 12.9. The number of benzene rings is 2. The molecule has 2 aliphatic heterocycles. The maximum atomic E-state index is 12.9. The zero-order valence-electron chi connectivity index (χ0n) is 16.2. The molecule has 2 atom stereocenters. The molecule has 2 heterocycles. The number of aliphatic hydroxyl groups excluding tert-OH is 1. The summed E-state index contributed by atoms with van der Waals surface area (Å²) >= 11 is 0. The van der Waals surface area contributed by atoms with Gasteiger partial charge >= 0.3 is 0 Å². The first-order valence-electron chi connectivity index (χ1n) is 9.69. The first-order valence-corrected chi connectivity index (χ1v) is 9.69. The molecule has 6 heteroatoms. The van der Waals surface area contributed by atoms with Crippen LogP contribution in [0.5, 0.6) is 5.75 Å². The molecule has 150 valence electrons. The maximum Gasteiger partial charge on any atom is 0.295 e. The molecule has 6 nitrogen and oxygen atoms in total. The smallest absolute Gasteiger partial charge is 0.295 e. The Kier molecular flexibility index (Phi) is 5.36. The molecule has 29 heavy (non-hydrogen) atoms. The van der Waals surface area contributed by atoms with Crippen LogP contribution >= 0.6 is 0 Å². The van der Waals surface area contributed by atoms with Gasteiger partial charge in [-0.05, 0) is 42.7 Å². The van der Waals surface area contributed by atoms with Crippen molar-refractivity contribution in [1.29, 1.82) is 0 Å². The van der Waals surface area contributed by atoms with Crippen molar-refractivity contribution in [3.8, 4) is 5.75 Å². The molecular formula is C23H23NO5. The molecule has 0 radical (unpaired) electrons. The van der Waals surface area contributed by atoms with Crippen LogP contribution in [0.4, 0.5) is 0 Å². The van der Waals surface area contributed by atoms with Gasteiger partial charge in [-0.1, -0.05) is 30.3 Å². The van der Waals surface area contributed by atoms with Gasteiger partial charge in [0.25, 0.3) is 11.7 Å². The van der Waals surface area contributed by atoms with E-state index in [-0.39, 0.29) is 17.4 Å². The third-order valence-electron chi connectivity index (χ3n) is 5.44. The number of methoxy groups -OCH3 is 1. The third-order valence-corrected chi connectivity index (χ3v) is 5.44. The predicted octanol–water partition coefficient (Wildman–Crippen LogP) is 3.30. The second kappa shape index (κ2) is 8.09. The number of hydrogen-bond donors (Lipinski definition) is 1. The minimum absolute atomic E-state index is 0.0968. The van der Waals surface area contributed by atoms with E-state index < -0.39 is 17.7 Å². The molecule has 4 rings (SSSR count). The summed E-state index contributed by atoms with van der Waals surface area (Å²) in [5.41, 5.74) is 1.34. The number of carbonyl (C=O) groups is 2. The van der Waals surface area contributed by atoms with E-state index in [0.717, 1.165) is 18.4 Å². The number of aliphatic hydroxyl groups is 1. The van der Waals surface area contributed by atoms with Gasteiger partial charge < -0.3 is 19.5 Å². The molecule has 0 spiro atoms. The average molecular weight is 393 g/mol. The van der Waals surface area contributed by atoms with E-state index in [0.29, 0.717) is 24.5 Å². The summed E-state index contributed by atoms with van der Waals surface area (Å²) in [6, 6.07) is 15.4. The van der Waals surface area contributed by atoms with Crippen LogP contribution in [0.3, 0.4) is 0 Å². The van der Waals surface area contributed by atoms with Crippen LogP contribution < -0.4 is 4.74 Å². The number of hydrogen-bond acceptors (Lipinski definition) is 5. The average Bonchev–Trinajstić information content (AvgIpc) is 3.36. The highest BCUT2D eigenvalue weighted by molar-refractivity contribution is 6.46. The van der Waals surface area contributed by atoms with E-state index in [1.54, 1.807) is 31.4 Å². The number of ether oxygens (including phenoxy) is 2. The summed E-state index contributed by atoms with van der Waals surface area (Å²) in [6.07, 6.45) is 1.69. The SMILES string of the molecule is COc1ccc(/C(O)=C2\C(=O)C(=O)N(C[C@H]3CCCO3)[C@H]2c2ccccc2)cc1. The highest BCUT2D eigenvalue weighted by Gasteiger charge is 2.46. The van der Waals surface area contributed by atoms with E-state index >= 15 is 0 Å². The van der Waals surface area contributed by atoms with E-state index in [2.05, 4.69) is 0 Å². The summed E-state index contributed by atoms with van der Waals surface area (Å²) < 4.78 is 10.8. The van der Waals surface area contributed by atoms with Gasteiger partial charge in [-0.3, -0.25) is 9.59 Å². The summed E-state index contributed by atoms with van der Waals surface area (Å²) in [5, 5.41) is 11.0. The van der Waals surface area contributed by atoms with Gasteiger partial charge in [0.1, 0.15) is 11.5 Å². The second-order valence-electron chi connectivity index (χ2n) is 7.23. The molecule has 2 fully saturated rings. The van der Waals surface area contributed by atoms with Gasteiger partial charge in [0.2, 0.25) is 0 Å². The number of amides is 1. The van der Waals surface area contributed by atoms with Crippen LogP contribution in [-0.4, -0.2) is 48.1 Å². The molecule has 2 aliphatic rings. The molecule has 0 saturated carbocycles. The topological polar surface area (TPSA) is 76.1 Å². The highest BCUT2D eigenvalue weighted by atomic mass is 16.5. The predicted molar refractivity (Wildman–Crippen MR) is 107 cm³/mol. The minimum atomic E-state index is -0.676. The Bertz CT molecular complexity index is 930. The van der Waals surface area contributed by atoms with Gasteiger partial charge in [0, 0.05) is 18.7 Å². The fourth-order valence-corrected chi connectivity index (χ4v) is 3.96. The summed E-state index contributed by atoms with van der Waals surface area (Å²) in [4.78, 5) is 27.3. The van der Waals surface area contributed by atoms with Crippen LogP contribution in [0.1, 0.15) is 30.0 Å². The number of nitrogens with zero attached hydrogens (tertiary/aromatic N) is 1. The third kappa shape index (κ3) is 3.63. The van der Waals surface area contributed by atoms with Crippen LogP contribution in [0.25, 0.3) is 5.76 Å². The molecule has 0 aliphatic carbocycles. The lowest BCUT2D eigenvalue weighted by atomic mass is 9.95. The lowest BCUT2D eigenvalue weighted by Gasteiger charge is -2.27. The Hall–Kier alpha value is -3.12. The van der Waals surface area contributed by atoms with Crippen molar-refractivity contribution in [2.75, 3.05) is 20.3 Å². The number of rotatable bonds is 5. The number of Topliss-reactive ketones (excluding diaryl/α,β-unsaturated/α-hetero) is 1. The van der Waals surface area contributed by atoms with Gasteiger partial charge in [-0.15, -0.1) is 0 Å². The lowest BCUT2D eigenvalue weighted by Crippen LogP contribution is -2.36. The molecular weight excluding hydrogens is 370 g/mol. The lowest BCUT2D eigenvalue weighted by molar-refractivity contribution is -0.140. The monoisotopic (exact) mass is 393 g/mol. The van der Waals surface area contributed by atoms with E-state index in [1.165, 1.54) is 4.90 Å². The van der Waals surface area contributed by atoms with Gasteiger partial charge in [-0.2, -0.15) is 0 Å². The van der Waals surface area contributed by atoms with E-state index in [9.17, 15) is 14.7 Å². The molecule has 0 bridgehead atoms. The van der Waals surface area contributed by atoms with Crippen molar-refractivity contribution >= 4 is 17.4 Å². The Balaban J connectivity index is 1.79. The normalized spacial score (nSPS) is 23.6. The molecule has 0 aromatic heterocycles. The summed E-state index contributed by atoms with van der Waals surface area (Å²) in [6.45, 7) is 0.986. The van der Waals surface area contributed by atoms with E-state index in [4.69, 9.17) is 9.47 Å². The first kappa shape index (κ1) is 19.2. The van der Waals surface area contributed by atoms with Crippen LogP contribution in [0, 0.1) is 0 Å². The fraction of sp³-hybridized carbons (Fsp3) is 0.304. The van der Waals surface area contributed by atoms with Crippen molar-refractivity contribution in [2.24, 2.45) is 0 Å². The van der Waals surface area contributed by atoms with E-state index in [1.807, 2.05) is 30.3 Å². The van der Waals surface area contributed by atoms with Crippen molar-refractivity contribution < 1.29 is 24.2 Å². The van der Waals surface area contributed by atoms with Crippen molar-refractivity contribution in [1.82, 2.24) is 4.90 Å². The molecule has 0 unspecified atom stereocenters. The molecule has 2 aromatic carbocycles. The van der Waals surface area contributed by atoms with Gasteiger partial charge in [-0.25, -0.2) is 0 Å². The molecule has 2 saturated heterocycles. The summed E-state index contributed by atoms with van der Waals surface area (Å²) in [5.74, 6) is -0.829. The fourth-order valence-electron chi connectivity index (χ4n) is 3.96. The highest BCUT2D eigenvalue weighted by Crippen LogP contribution is 2.40. The van der Waals surface area contributed by atoms with Crippen LogP contribution in [0.2, 0.25) is 0 Å². The molecule has 1 amide bonds. The van der Waals surface area contributed by atoms with Gasteiger partial charge in [0.15, 0.2) is 0 Å². The number of ketones is 1. The zero-order valence-corrected chi connectivity index (χ0v) is 16.2. The minimum Gasteiger partial charge on any atom is -0.507 e. The second-order valence-corrected chi connectivity index (χ2v) is 7.23. The van der Waals surface area contributed by atoms with Crippen molar-refractivity contribution in [2.45, 2.75) is 25.0 Å². The zero-order chi connectivity index (χ0) is 20.4. The van der Waals surface area contributed by atoms with Gasteiger partial charge in [0.05, 0.1) is 24.8 Å². The largest absolute Gasteiger partial charge is 0.507 e. The van der Waals surface area contributed by atoms with Crippen LogP contribution in [-0.2, 0) is 14.3 Å². The number of likely N-dealkylation sites (tertiary alicyclic amines) is 1. The summed E-state index contributed by atoms with van der Waals surface area (Å²) in [7, 11) is 1.56. The van der Waals surface area contributed by atoms with Crippen LogP contribution in [0.15, 0.2) is 60.2 Å². The quantitative estimate of drug-likeness (QED) is 0.479. The van der Waals surface area contributed by atoms with Crippen molar-refractivity contribution in [3.63, 3.8) is 0 Å². The Morgan fingerprint density at radius 2 is 1.86 bits per heavy atom. The Morgan fingerprint density at radius 1 is 1.14 bits per heavy atom. The number of carbonyl (C=O) groups excluding carboxylic acids is 2. The molecule has 2 aromatic rings. The first-order chi connectivity index (χ1) is 14.1. The van der Waals surface area contributed by atoms with Crippen molar-refractivity contribution in [3.05, 3.63) is 71.3 Å². The molecule has 1 N–H and O–H groups in total. The Morgan fingerprint density at radius 3 is 2.48 bits per heavy atom.